The fourth-order valence-corrected chi connectivity index (χ4v) is 4.61. The number of anilines is 1. The van der Waals surface area contributed by atoms with Gasteiger partial charge in [0.05, 0.1) is 10.6 Å². The molecule has 6 heteroatoms. The normalized spacial score (nSPS) is 16.4. The molecule has 3 aromatic rings. The summed E-state index contributed by atoms with van der Waals surface area (Å²) >= 11 is 10.2. The summed E-state index contributed by atoms with van der Waals surface area (Å²) in [7, 11) is 2.01. The van der Waals surface area contributed by atoms with Crippen molar-refractivity contribution < 1.29 is 4.79 Å². The Morgan fingerprint density at radius 1 is 1.16 bits per heavy atom. The highest BCUT2D eigenvalue weighted by molar-refractivity contribution is 9.10. The van der Waals surface area contributed by atoms with E-state index in [-0.39, 0.29) is 5.91 Å². The van der Waals surface area contributed by atoms with Gasteiger partial charge >= 0.3 is 0 Å². The number of nitrogens with zero attached hydrogens (tertiary/aromatic N) is 2. The number of rotatable bonds is 2. The van der Waals surface area contributed by atoms with Crippen LogP contribution in [0.3, 0.4) is 0 Å². The Bertz CT molecular complexity index is 1050. The van der Waals surface area contributed by atoms with Crippen molar-refractivity contribution in [1.82, 2.24) is 4.57 Å². The van der Waals surface area contributed by atoms with Gasteiger partial charge < -0.3 is 4.57 Å². The predicted molar refractivity (Wildman–Crippen MR) is 113 cm³/mol. The highest BCUT2D eigenvalue weighted by Gasteiger charge is 2.33. The first kappa shape index (κ1) is 16.6. The molecule has 3 nitrogen and oxygen atoms in total. The first-order chi connectivity index (χ1) is 12.0. The van der Waals surface area contributed by atoms with Crippen molar-refractivity contribution in [3.8, 4) is 0 Å². The summed E-state index contributed by atoms with van der Waals surface area (Å²) in [5, 5.41) is 1.12. The first-order valence-electron chi connectivity index (χ1n) is 7.62. The molecule has 0 saturated carbocycles. The number of aromatic nitrogens is 1. The minimum Gasteiger partial charge on any atom is -0.350 e. The van der Waals surface area contributed by atoms with Crippen molar-refractivity contribution in [2.75, 3.05) is 4.90 Å². The van der Waals surface area contributed by atoms with Crippen molar-refractivity contribution in [3.05, 3.63) is 69.7 Å². The Hall–Kier alpha value is -1.89. The first-order valence-corrected chi connectivity index (χ1v) is 9.64. The van der Waals surface area contributed by atoms with Crippen LogP contribution in [0.5, 0.6) is 0 Å². The molecule has 1 aliphatic rings. The van der Waals surface area contributed by atoms with E-state index in [1.165, 1.54) is 11.8 Å². The zero-order valence-electron chi connectivity index (χ0n) is 13.3. The zero-order chi connectivity index (χ0) is 17.6. The summed E-state index contributed by atoms with van der Waals surface area (Å²) in [4.78, 5) is 15.1. The summed E-state index contributed by atoms with van der Waals surface area (Å²) in [6.45, 7) is 0. The van der Waals surface area contributed by atoms with Crippen LogP contribution in [0.4, 0.5) is 5.69 Å². The SMILES string of the molecule is Cn1cc(/C=C2\SC(=S)N(c3cccc(Br)c3)C2=O)c2ccccc21. The fourth-order valence-electron chi connectivity index (χ4n) is 2.93. The van der Waals surface area contributed by atoms with Crippen molar-refractivity contribution in [2.24, 2.45) is 7.05 Å². The average Bonchev–Trinajstić information content (AvgIpc) is 3.05. The van der Waals surface area contributed by atoms with Crippen molar-refractivity contribution in [1.29, 1.82) is 0 Å². The monoisotopic (exact) mass is 428 g/mol. The molecule has 0 N–H and O–H groups in total. The Labute approximate surface area is 163 Å². The Kier molecular flexibility index (Phi) is 4.27. The highest BCUT2D eigenvalue weighted by Crippen LogP contribution is 2.37. The number of fused-ring (bicyclic) bond motifs is 1. The van der Waals surface area contributed by atoms with Crippen LogP contribution in [0, 0.1) is 0 Å². The average molecular weight is 429 g/mol. The molecule has 0 spiro atoms. The third kappa shape index (κ3) is 2.94. The van der Waals surface area contributed by atoms with Gasteiger partial charge in [0.2, 0.25) is 0 Å². The minimum atomic E-state index is -0.0824. The molecule has 1 amide bonds. The van der Waals surface area contributed by atoms with Crippen LogP contribution in [0.1, 0.15) is 5.56 Å². The third-order valence-corrected chi connectivity index (χ3v) is 5.87. The van der Waals surface area contributed by atoms with Crippen LogP contribution in [-0.2, 0) is 11.8 Å². The van der Waals surface area contributed by atoms with Gasteiger partial charge in [-0.3, -0.25) is 9.69 Å². The van der Waals surface area contributed by atoms with E-state index in [2.05, 4.69) is 32.6 Å². The molecule has 1 saturated heterocycles. The number of hydrogen-bond donors (Lipinski definition) is 0. The number of amides is 1. The minimum absolute atomic E-state index is 0.0824. The molecule has 0 atom stereocenters. The standard InChI is InChI=1S/C19H13BrN2OS2/c1-21-11-12(15-7-2-3-8-16(15)21)9-17-18(23)22(19(24)25-17)14-6-4-5-13(20)10-14/h2-11H,1H3/b17-9-. The molecule has 0 radical (unpaired) electrons. The molecular weight excluding hydrogens is 416 g/mol. The molecule has 0 bridgehead atoms. The van der Waals surface area contributed by atoms with Crippen molar-refractivity contribution in [3.63, 3.8) is 0 Å². The Morgan fingerprint density at radius 2 is 1.96 bits per heavy atom. The lowest BCUT2D eigenvalue weighted by molar-refractivity contribution is -0.113. The Morgan fingerprint density at radius 3 is 2.76 bits per heavy atom. The number of aryl methyl sites for hydroxylation is 1. The quantitative estimate of drug-likeness (QED) is 0.406. The highest BCUT2D eigenvalue weighted by atomic mass is 79.9. The lowest BCUT2D eigenvalue weighted by Gasteiger charge is -2.14. The summed E-state index contributed by atoms with van der Waals surface area (Å²) < 4.78 is 3.53. The van der Waals surface area contributed by atoms with Gasteiger partial charge in [-0.15, -0.1) is 0 Å². The van der Waals surface area contributed by atoms with Crippen LogP contribution in [0.15, 0.2) is 64.1 Å². The molecular formula is C19H13BrN2OS2. The predicted octanol–water partition coefficient (Wildman–Crippen LogP) is 5.35. The summed E-state index contributed by atoms with van der Waals surface area (Å²) in [5.74, 6) is -0.0824. The van der Waals surface area contributed by atoms with Crippen molar-refractivity contribution in [2.45, 2.75) is 0 Å². The van der Waals surface area contributed by atoms with Crippen LogP contribution in [0.2, 0.25) is 0 Å². The second-order valence-corrected chi connectivity index (χ2v) is 8.30. The maximum absolute atomic E-state index is 12.9. The second kappa shape index (κ2) is 6.44. The molecule has 1 aliphatic heterocycles. The summed E-state index contributed by atoms with van der Waals surface area (Å²) in [6.07, 6.45) is 3.97. The van der Waals surface area contributed by atoms with Crippen LogP contribution >= 0.6 is 39.9 Å². The molecule has 2 heterocycles. The van der Waals surface area contributed by atoms with Gasteiger partial charge in [0, 0.05) is 34.2 Å². The number of halogens is 1. The number of thiocarbonyl (C=S) groups is 1. The number of hydrogen-bond acceptors (Lipinski definition) is 3. The van der Waals surface area contributed by atoms with Crippen molar-refractivity contribution >= 4 is 72.8 Å². The molecule has 25 heavy (non-hydrogen) atoms. The molecule has 2 aromatic carbocycles. The zero-order valence-corrected chi connectivity index (χ0v) is 16.5. The van der Waals surface area contributed by atoms with E-state index in [1.54, 1.807) is 4.90 Å². The van der Waals surface area contributed by atoms with E-state index >= 15 is 0 Å². The maximum Gasteiger partial charge on any atom is 0.270 e. The van der Waals surface area contributed by atoms with Crippen LogP contribution in [0.25, 0.3) is 17.0 Å². The fraction of sp³-hybridized carbons (Fsp3) is 0.0526. The van der Waals surface area contributed by atoms with Crippen LogP contribution < -0.4 is 4.90 Å². The third-order valence-electron chi connectivity index (χ3n) is 4.07. The van der Waals surface area contributed by atoms with Gasteiger partial charge in [0.25, 0.3) is 5.91 Å². The van der Waals surface area contributed by atoms with E-state index in [4.69, 9.17) is 12.2 Å². The lowest BCUT2D eigenvalue weighted by atomic mass is 10.1. The lowest BCUT2D eigenvalue weighted by Crippen LogP contribution is -2.27. The van der Waals surface area contributed by atoms with Gasteiger partial charge in [0.15, 0.2) is 4.32 Å². The second-order valence-electron chi connectivity index (χ2n) is 5.71. The van der Waals surface area contributed by atoms with Gasteiger partial charge in [-0.05, 0) is 30.3 Å². The van der Waals surface area contributed by atoms with E-state index in [9.17, 15) is 4.79 Å². The van der Waals surface area contributed by atoms with Gasteiger partial charge in [-0.25, -0.2) is 0 Å². The molecule has 1 aromatic heterocycles. The van der Waals surface area contributed by atoms with Crippen LogP contribution in [-0.4, -0.2) is 14.8 Å². The number of thioether (sulfide) groups is 1. The van der Waals surface area contributed by atoms with Gasteiger partial charge in [-0.1, -0.05) is 64.2 Å². The van der Waals surface area contributed by atoms with E-state index in [1.807, 2.05) is 55.7 Å². The molecule has 4 rings (SSSR count). The number of benzene rings is 2. The number of carbonyl (C=O) groups is 1. The Balaban J connectivity index is 1.75. The molecule has 0 unspecified atom stereocenters. The summed E-state index contributed by atoms with van der Waals surface area (Å²) in [5.41, 5.74) is 2.93. The van der Waals surface area contributed by atoms with Gasteiger partial charge in [-0.2, -0.15) is 0 Å². The summed E-state index contributed by atoms with van der Waals surface area (Å²) in [6, 6.07) is 15.8. The smallest absolute Gasteiger partial charge is 0.270 e. The largest absolute Gasteiger partial charge is 0.350 e. The van der Waals surface area contributed by atoms with E-state index < -0.39 is 0 Å². The molecule has 0 aliphatic carbocycles. The van der Waals surface area contributed by atoms with Gasteiger partial charge in [0.1, 0.15) is 0 Å². The number of para-hydroxylation sites is 1. The topological polar surface area (TPSA) is 25.2 Å². The maximum atomic E-state index is 12.9. The number of carbonyl (C=O) groups excluding carboxylic acids is 1. The van der Waals surface area contributed by atoms with E-state index in [0.29, 0.717) is 9.23 Å². The molecule has 1 fully saturated rings. The van der Waals surface area contributed by atoms with E-state index in [0.717, 1.165) is 26.6 Å². The molecule has 124 valence electrons.